The quantitative estimate of drug-likeness (QED) is 0.646. The normalized spacial score (nSPS) is 16.8. The molecular weight excluding hydrogens is 337 g/mol. The maximum absolute atomic E-state index is 14.4. The topological polar surface area (TPSA) is 127 Å². The molecule has 1 aliphatic rings. The van der Waals surface area contributed by atoms with E-state index in [1.54, 1.807) is 18.3 Å². The van der Waals surface area contributed by atoms with Gasteiger partial charge in [-0.1, -0.05) is 0 Å². The molecule has 1 saturated heterocycles. The van der Waals surface area contributed by atoms with Crippen LogP contribution in [0, 0.1) is 5.82 Å². The van der Waals surface area contributed by atoms with Crippen LogP contribution in [-0.4, -0.2) is 44.7 Å². The van der Waals surface area contributed by atoms with Gasteiger partial charge in [0.25, 0.3) is 0 Å². The summed E-state index contributed by atoms with van der Waals surface area (Å²) in [4.78, 5) is 22.1. The van der Waals surface area contributed by atoms with Crippen molar-refractivity contribution in [3.63, 3.8) is 0 Å². The molecule has 0 bridgehead atoms. The van der Waals surface area contributed by atoms with E-state index in [0.717, 1.165) is 0 Å². The number of hydrogen-bond acceptors (Lipinski definition) is 6. The van der Waals surface area contributed by atoms with E-state index < -0.39 is 17.3 Å². The Labute approximate surface area is 149 Å². The van der Waals surface area contributed by atoms with Crippen LogP contribution < -0.4 is 16.4 Å². The summed E-state index contributed by atoms with van der Waals surface area (Å²) >= 11 is 0. The monoisotopic (exact) mass is 357 g/mol. The van der Waals surface area contributed by atoms with Crippen LogP contribution in [0.15, 0.2) is 30.5 Å². The van der Waals surface area contributed by atoms with Gasteiger partial charge in [-0.2, -0.15) is 5.10 Å². The lowest BCUT2D eigenvalue weighted by Gasteiger charge is -2.37. The molecule has 1 amide bonds. The van der Waals surface area contributed by atoms with Crippen LogP contribution in [0.25, 0.3) is 22.4 Å². The Bertz CT molecular complexity index is 984. The molecule has 0 aromatic carbocycles. The van der Waals surface area contributed by atoms with Crippen molar-refractivity contribution >= 4 is 22.8 Å². The summed E-state index contributed by atoms with van der Waals surface area (Å²) < 4.78 is 14.4. The van der Waals surface area contributed by atoms with Crippen molar-refractivity contribution in [3.8, 4) is 11.4 Å². The molecule has 8 nitrogen and oxygen atoms in total. The molecule has 26 heavy (non-hydrogen) atoms. The van der Waals surface area contributed by atoms with Gasteiger partial charge in [0.2, 0.25) is 5.91 Å². The molecule has 3 aromatic rings. The van der Waals surface area contributed by atoms with E-state index >= 15 is 0 Å². The number of nitrogens with zero attached hydrogens (tertiary/aromatic N) is 4. The van der Waals surface area contributed by atoms with E-state index in [1.807, 2.05) is 11.0 Å². The fourth-order valence-corrected chi connectivity index (χ4v) is 3.20. The third-order valence-electron chi connectivity index (χ3n) is 4.87. The zero-order valence-electron chi connectivity index (χ0n) is 13.9. The van der Waals surface area contributed by atoms with Crippen LogP contribution in [0.5, 0.6) is 0 Å². The van der Waals surface area contributed by atoms with Crippen LogP contribution in [-0.2, 0) is 4.79 Å². The summed E-state index contributed by atoms with van der Waals surface area (Å²) in [6.07, 6.45) is 2.47. The number of H-pyrrole nitrogens is 1. The number of pyridine rings is 2. The maximum atomic E-state index is 14.4. The zero-order chi connectivity index (χ0) is 18.3. The van der Waals surface area contributed by atoms with E-state index in [0.29, 0.717) is 48.5 Å². The Balaban J connectivity index is 0.00000210. The van der Waals surface area contributed by atoms with Gasteiger partial charge >= 0.3 is 0 Å². The molecule has 0 atom stereocenters. The summed E-state index contributed by atoms with van der Waals surface area (Å²) in [5.41, 5.74) is 11.6. The fraction of sp³-hybridized carbons (Fsp3) is 0.294. The molecule has 4 rings (SSSR count). The summed E-state index contributed by atoms with van der Waals surface area (Å²) in [6.45, 7) is 1.03. The van der Waals surface area contributed by atoms with Gasteiger partial charge in [0, 0.05) is 26.1 Å². The summed E-state index contributed by atoms with van der Waals surface area (Å²) in [7, 11) is 0. The number of nitrogens with one attached hydrogen (secondary N) is 1. The van der Waals surface area contributed by atoms with Crippen molar-refractivity contribution in [2.45, 2.75) is 18.4 Å². The van der Waals surface area contributed by atoms with Crippen molar-refractivity contribution in [1.29, 1.82) is 0 Å². The van der Waals surface area contributed by atoms with Crippen molar-refractivity contribution in [2.24, 2.45) is 11.5 Å². The molecule has 0 spiro atoms. The van der Waals surface area contributed by atoms with Gasteiger partial charge in [0.15, 0.2) is 11.5 Å². The third kappa shape index (κ3) is 2.66. The Hall–Kier alpha value is -3.07. The Morgan fingerprint density at radius 2 is 2.08 bits per heavy atom. The molecule has 0 aliphatic carbocycles. The van der Waals surface area contributed by atoms with Gasteiger partial charge in [-0.3, -0.25) is 9.89 Å². The van der Waals surface area contributed by atoms with E-state index in [4.69, 9.17) is 11.5 Å². The number of aromatic nitrogens is 4. The number of fused-ring (bicyclic) bond motifs is 1. The van der Waals surface area contributed by atoms with Crippen molar-refractivity contribution in [2.75, 3.05) is 18.0 Å². The van der Waals surface area contributed by atoms with Gasteiger partial charge in [0.05, 0.1) is 11.2 Å². The highest BCUT2D eigenvalue weighted by atomic mass is 19.1. The average Bonchev–Trinajstić information content (AvgIpc) is 3.07. The van der Waals surface area contributed by atoms with Crippen LogP contribution >= 0.6 is 0 Å². The molecule has 1 aliphatic heterocycles. The highest BCUT2D eigenvalue weighted by molar-refractivity contribution is 5.89. The van der Waals surface area contributed by atoms with Gasteiger partial charge in [-0.25, -0.2) is 14.4 Å². The second-order valence-electron chi connectivity index (χ2n) is 6.48. The minimum atomic E-state index is -0.995. The highest BCUT2D eigenvalue weighted by Gasteiger charge is 2.36. The number of nitrogens with two attached hydrogens (primary N) is 2. The number of hydrogen-bond donors (Lipinski definition) is 3. The largest absolute Gasteiger partial charge is 0.368 e. The first-order valence-corrected chi connectivity index (χ1v) is 8.28. The molecule has 0 radical (unpaired) electrons. The Morgan fingerprint density at radius 3 is 2.81 bits per heavy atom. The predicted molar refractivity (Wildman–Crippen MR) is 96.8 cm³/mol. The van der Waals surface area contributed by atoms with Crippen LogP contribution in [0.4, 0.5) is 10.2 Å². The summed E-state index contributed by atoms with van der Waals surface area (Å²) in [5, 5.41) is 7.61. The number of primary amides is 1. The molecular formula is C17H20FN7O. The second kappa shape index (κ2) is 6.03. The van der Waals surface area contributed by atoms with Crippen molar-refractivity contribution < 1.29 is 10.6 Å². The fourth-order valence-electron chi connectivity index (χ4n) is 3.20. The van der Waals surface area contributed by atoms with E-state index in [-0.39, 0.29) is 7.12 Å². The van der Waals surface area contributed by atoms with Crippen LogP contribution in [0.2, 0.25) is 0 Å². The van der Waals surface area contributed by atoms with Gasteiger partial charge in [-0.05, 0) is 37.1 Å². The lowest BCUT2D eigenvalue weighted by atomic mass is 9.88. The zero-order valence-corrected chi connectivity index (χ0v) is 13.9. The molecule has 4 heterocycles. The van der Waals surface area contributed by atoms with Crippen molar-refractivity contribution in [1.82, 2.24) is 20.2 Å². The molecule has 1 fully saturated rings. The summed E-state index contributed by atoms with van der Waals surface area (Å²) in [5.74, 6) is -0.341. The lowest BCUT2D eigenvalue weighted by Crippen LogP contribution is -2.58. The minimum Gasteiger partial charge on any atom is -0.368 e. The molecule has 9 heteroatoms. The lowest BCUT2D eigenvalue weighted by molar-refractivity contribution is -0.123. The predicted octanol–water partition coefficient (Wildman–Crippen LogP) is 1.19. The van der Waals surface area contributed by atoms with Crippen LogP contribution in [0.1, 0.15) is 14.3 Å². The first-order valence-electron chi connectivity index (χ1n) is 8.28. The molecule has 136 valence electrons. The van der Waals surface area contributed by atoms with Crippen molar-refractivity contribution in [3.05, 3.63) is 36.3 Å². The number of anilines is 1. The SMILES string of the molecule is NC(=O)C1(N)CCN(c2ccc(F)c(-c3[nH]nc4ncccc34)n2)CC1.[HH]. The maximum Gasteiger partial charge on any atom is 0.237 e. The molecule has 0 unspecified atom stereocenters. The van der Waals surface area contributed by atoms with Crippen LogP contribution in [0.3, 0.4) is 0 Å². The van der Waals surface area contributed by atoms with E-state index in [2.05, 4.69) is 20.2 Å². The third-order valence-corrected chi connectivity index (χ3v) is 4.87. The minimum absolute atomic E-state index is 0. The van der Waals surface area contributed by atoms with E-state index in [1.165, 1.54) is 6.07 Å². The van der Waals surface area contributed by atoms with Gasteiger partial charge in [0.1, 0.15) is 11.5 Å². The smallest absolute Gasteiger partial charge is 0.237 e. The summed E-state index contributed by atoms with van der Waals surface area (Å²) in [6, 6.07) is 6.56. The Morgan fingerprint density at radius 1 is 1.31 bits per heavy atom. The van der Waals surface area contributed by atoms with E-state index in [9.17, 15) is 9.18 Å². The number of carbonyl (C=O) groups is 1. The number of aromatic amines is 1. The number of rotatable bonds is 3. The average molecular weight is 357 g/mol. The molecule has 3 aromatic heterocycles. The number of halogens is 1. The highest BCUT2D eigenvalue weighted by Crippen LogP contribution is 2.29. The Kier molecular flexibility index (Phi) is 3.80. The van der Waals surface area contributed by atoms with Gasteiger partial charge < -0.3 is 16.4 Å². The second-order valence-corrected chi connectivity index (χ2v) is 6.48. The first kappa shape index (κ1) is 16.4. The number of piperidine rings is 1. The number of amides is 1. The number of carbonyl (C=O) groups excluding carboxylic acids is 1. The first-order chi connectivity index (χ1) is 12.5. The molecule has 0 saturated carbocycles. The standard InChI is InChI=1S/C17H18FN7O.H2/c18-11-3-4-12(25-8-5-17(20,6-9-25)16(19)26)22-14(11)13-10-2-1-7-21-15(10)24-23-13;/h1-4,7H,5-6,8-9,20H2,(H2,19,26)(H,21,23,24);1H. The molecule has 5 N–H and O–H groups in total. The van der Waals surface area contributed by atoms with Gasteiger partial charge in [-0.15, -0.1) is 0 Å².